The minimum atomic E-state index is -0.439. The van der Waals surface area contributed by atoms with Gasteiger partial charge in [-0.2, -0.15) is 0 Å². The van der Waals surface area contributed by atoms with E-state index in [1.54, 1.807) is 30.2 Å². The first-order valence-electron chi connectivity index (χ1n) is 10.2. The Balaban J connectivity index is 1.34. The maximum absolute atomic E-state index is 13.1. The number of benzene rings is 2. The number of nitrogens with zero attached hydrogens (tertiary/aromatic N) is 2. The molecule has 0 saturated carbocycles. The van der Waals surface area contributed by atoms with E-state index < -0.39 is 5.41 Å². The van der Waals surface area contributed by atoms with Crippen LogP contribution in [0.25, 0.3) is 0 Å². The minimum Gasteiger partial charge on any atom is -0.495 e. The van der Waals surface area contributed by atoms with Gasteiger partial charge < -0.3 is 19.9 Å². The van der Waals surface area contributed by atoms with Gasteiger partial charge in [0, 0.05) is 31.9 Å². The van der Waals surface area contributed by atoms with E-state index in [-0.39, 0.29) is 11.9 Å². The van der Waals surface area contributed by atoms with E-state index in [9.17, 15) is 9.59 Å². The Morgan fingerprint density at radius 3 is 2.67 bits per heavy atom. The fraction of sp³-hybridized carbons (Fsp3) is 0.391. The number of carbonyl (C=O) groups excluding carboxylic acids is 2. The van der Waals surface area contributed by atoms with Crippen molar-refractivity contribution in [2.24, 2.45) is 5.41 Å². The highest BCUT2D eigenvalue weighted by Crippen LogP contribution is 2.41. The number of carbonyl (C=O) groups is 2. The van der Waals surface area contributed by atoms with E-state index in [1.165, 1.54) is 5.56 Å². The maximum atomic E-state index is 13.1. The number of ether oxygens (including phenoxy) is 1. The fourth-order valence-electron chi connectivity index (χ4n) is 4.39. The van der Waals surface area contributed by atoms with Gasteiger partial charge in [-0.1, -0.05) is 41.9 Å². The van der Waals surface area contributed by atoms with Crippen LogP contribution in [0.3, 0.4) is 0 Å². The van der Waals surface area contributed by atoms with Crippen LogP contribution in [0.5, 0.6) is 5.75 Å². The summed E-state index contributed by atoms with van der Waals surface area (Å²) in [5.41, 5.74) is 1.40. The number of hydrogen-bond acceptors (Lipinski definition) is 3. The lowest BCUT2D eigenvalue weighted by Crippen LogP contribution is -2.40. The third kappa shape index (κ3) is 4.10. The third-order valence-electron chi connectivity index (χ3n) is 6.16. The molecule has 0 aromatic heterocycles. The predicted octanol–water partition coefficient (Wildman–Crippen LogP) is 4.05. The molecule has 1 atom stereocenters. The van der Waals surface area contributed by atoms with Crippen LogP contribution < -0.4 is 10.1 Å². The zero-order valence-corrected chi connectivity index (χ0v) is 17.8. The highest BCUT2D eigenvalue weighted by molar-refractivity contribution is 6.32. The predicted molar refractivity (Wildman–Crippen MR) is 117 cm³/mol. The molecule has 2 aliphatic heterocycles. The fourth-order valence-corrected chi connectivity index (χ4v) is 4.64. The lowest BCUT2D eigenvalue weighted by molar-refractivity contribution is -0.135. The lowest BCUT2D eigenvalue weighted by atomic mass is 9.85. The van der Waals surface area contributed by atoms with Gasteiger partial charge in [0.25, 0.3) is 0 Å². The molecule has 0 radical (unpaired) electrons. The largest absolute Gasteiger partial charge is 0.495 e. The van der Waals surface area contributed by atoms with Gasteiger partial charge >= 0.3 is 6.03 Å². The number of amides is 3. The number of halogens is 1. The molecule has 3 amide bonds. The monoisotopic (exact) mass is 427 g/mol. The first kappa shape index (κ1) is 20.5. The summed E-state index contributed by atoms with van der Waals surface area (Å²) < 4.78 is 5.14. The Kier molecular flexibility index (Phi) is 5.86. The molecule has 1 unspecified atom stereocenters. The zero-order chi connectivity index (χ0) is 21.1. The molecule has 158 valence electrons. The minimum absolute atomic E-state index is 0.182. The normalized spacial score (nSPS) is 20.8. The number of anilines is 1. The van der Waals surface area contributed by atoms with Crippen molar-refractivity contribution < 1.29 is 14.3 Å². The molecule has 1 spiro atoms. The number of methoxy groups -OCH3 is 1. The van der Waals surface area contributed by atoms with Crippen LogP contribution in [0, 0.1) is 5.41 Å². The number of rotatable bonds is 5. The maximum Gasteiger partial charge on any atom is 0.321 e. The van der Waals surface area contributed by atoms with Crippen molar-refractivity contribution in [3.05, 3.63) is 59.1 Å². The molecule has 2 heterocycles. The van der Waals surface area contributed by atoms with Crippen LogP contribution in [0.15, 0.2) is 48.5 Å². The second kappa shape index (κ2) is 8.56. The van der Waals surface area contributed by atoms with Crippen molar-refractivity contribution >= 4 is 29.2 Å². The summed E-state index contributed by atoms with van der Waals surface area (Å²) >= 11 is 6.14. The first-order chi connectivity index (χ1) is 14.5. The van der Waals surface area contributed by atoms with E-state index in [0.29, 0.717) is 36.0 Å². The highest BCUT2D eigenvalue weighted by atomic mass is 35.5. The van der Waals surface area contributed by atoms with Crippen LogP contribution >= 0.6 is 11.6 Å². The number of hydrogen-bond donors (Lipinski definition) is 1. The summed E-state index contributed by atoms with van der Waals surface area (Å²) in [4.78, 5) is 29.6. The van der Waals surface area contributed by atoms with E-state index in [2.05, 4.69) is 17.4 Å². The Labute approximate surface area is 181 Å². The molecule has 4 rings (SSSR count). The van der Waals surface area contributed by atoms with E-state index in [4.69, 9.17) is 16.3 Å². The molecular formula is C23H26ClN3O3. The van der Waals surface area contributed by atoms with Gasteiger partial charge in [0.1, 0.15) is 5.75 Å². The average molecular weight is 428 g/mol. The lowest BCUT2D eigenvalue weighted by Gasteiger charge is -2.24. The summed E-state index contributed by atoms with van der Waals surface area (Å²) in [6.07, 6.45) is 2.37. The SMILES string of the molecule is COc1ccc(NC(=O)N2CCC3(CCN(CCc4ccccc4)C3=O)C2)cc1Cl. The van der Waals surface area contributed by atoms with E-state index in [0.717, 1.165) is 25.9 Å². The molecule has 0 aliphatic carbocycles. The van der Waals surface area contributed by atoms with E-state index in [1.807, 2.05) is 23.1 Å². The summed E-state index contributed by atoms with van der Waals surface area (Å²) in [5, 5.41) is 3.32. The van der Waals surface area contributed by atoms with Gasteiger partial charge in [-0.3, -0.25) is 4.79 Å². The van der Waals surface area contributed by atoms with Crippen LogP contribution in [0.4, 0.5) is 10.5 Å². The second-order valence-electron chi connectivity index (χ2n) is 8.01. The summed E-state index contributed by atoms with van der Waals surface area (Å²) in [7, 11) is 1.55. The third-order valence-corrected chi connectivity index (χ3v) is 6.45. The van der Waals surface area contributed by atoms with E-state index >= 15 is 0 Å². The van der Waals surface area contributed by atoms with Gasteiger partial charge in [0.2, 0.25) is 5.91 Å². The van der Waals surface area contributed by atoms with Crippen molar-refractivity contribution in [1.82, 2.24) is 9.80 Å². The molecule has 2 fully saturated rings. The van der Waals surface area contributed by atoms with Crippen LogP contribution in [0.2, 0.25) is 5.02 Å². The van der Waals surface area contributed by atoms with Crippen LogP contribution in [0.1, 0.15) is 18.4 Å². The van der Waals surface area contributed by atoms with Gasteiger partial charge in [0.05, 0.1) is 17.5 Å². The molecule has 0 bridgehead atoms. The molecule has 6 nitrogen and oxygen atoms in total. The summed E-state index contributed by atoms with van der Waals surface area (Å²) in [5.74, 6) is 0.739. The number of nitrogens with one attached hydrogen (secondary N) is 1. The van der Waals surface area contributed by atoms with Gasteiger partial charge in [-0.05, 0) is 43.0 Å². The summed E-state index contributed by atoms with van der Waals surface area (Å²) in [6, 6.07) is 15.1. The Bertz CT molecular complexity index is 937. The van der Waals surface area contributed by atoms with Gasteiger partial charge in [0.15, 0.2) is 0 Å². The van der Waals surface area contributed by atoms with Crippen LogP contribution in [-0.4, -0.2) is 55.0 Å². The van der Waals surface area contributed by atoms with Gasteiger partial charge in [-0.25, -0.2) is 4.79 Å². The molecule has 2 aliphatic rings. The second-order valence-corrected chi connectivity index (χ2v) is 8.42. The number of likely N-dealkylation sites (tertiary alicyclic amines) is 2. The van der Waals surface area contributed by atoms with Crippen molar-refractivity contribution in [3.63, 3.8) is 0 Å². The Hall–Kier alpha value is -2.73. The van der Waals surface area contributed by atoms with Gasteiger partial charge in [-0.15, -0.1) is 0 Å². The van der Waals surface area contributed by atoms with Crippen LogP contribution in [-0.2, 0) is 11.2 Å². The Morgan fingerprint density at radius 2 is 1.93 bits per heavy atom. The zero-order valence-electron chi connectivity index (χ0n) is 17.1. The molecule has 2 saturated heterocycles. The topological polar surface area (TPSA) is 61.9 Å². The van der Waals surface area contributed by atoms with Crippen molar-refractivity contribution in [2.75, 3.05) is 38.6 Å². The average Bonchev–Trinajstić information content (AvgIpc) is 3.32. The Morgan fingerprint density at radius 1 is 1.17 bits per heavy atom. The molecular weight excluding hydrogens is 402 g/mol. The molecule has 7 heteroatoms. The van der Waals surface area contributed by atoms with Crippen molar-refractivity contribution in [2.45, 2.75) is 19.3 Å². The summed E-state index contributed by atoms with van der Waals surface area (Å²) in [6.45, 7) is 2.52. The first-order valence-corrected chi connectivity index (χ1v) is 10.6. The highest BCUT2D eigenvalue weighted by Gasteiger charge is 2.51. The quantitative estimate of drug-likeness (QED) is 0.783. The molecule has 30 heavy (non-hydrogen) atoms. The molecule has 2 aromatic carbocycles. The molecule has 2 aromatic rings. The van der Waals surface area contributed by atoms with Crippen molar-refractivity contribution in [1.29, 1.82) is 0 Å². The standard InChI is InChI=1S/C23H26ClN3O3/c1-30-20-8-7-18(15-19(20)24)25-22(29)27-14-11-23(16-27)10-13-26(21(23)28)12-9-17-5-3-2-4-6-17/h2-8,15H,9-14,16H2,1H3,(H,25,29). The smallest absolute Gasteiger partial charge is 0.321 e. The number of urea groups is 1. The molecule has 1 N–H and O–H groups in total. The van der Waals surface area contributed by atoms with Crippen molar-refractivity contribution in [3.8, 4) is 5.75 Å².